The summed E-state index contributed by atoms with van der Waals surface area (Å²) in [4.78, 5) is 4.37. The predicted octanol–water partition coefficient (Wildman–Crippen LogP) is 3.95. The van der Waals surface area contributed by atoms with Gasteiger partial charge in [0.15, 0.2) is 5.96 Å². The van der Waals surface area contributed by atoms with Crippen molar-refractivity contribution < 1.29 is 0 Å². The van der Waals surface area contributed by atoms with Gasteiger partial charge < -0.3 is 10.6 Å². The maximum absolute atomic E-state index is 4.47. The molecule has 5 nitrogen and oxygen atoms in total. The fourth-order valence-corrected chi connectivity index (χ4v) is 3.52. The summed E-state index contributed by atoms with van der Waals surface area (Å²) in [5, 5.41) is 11.4. The Morgan fingerprint density at radius 1 is 1.00 bits per heavy atom. The zero-order valence-corrected chi connectivity index (χ0v) is 19.0. The lowest BCUT2D eigenvalue weighted by Gasteiger charge is -2.19. The zero-order valence-electron chi connectivity index (χ0n) is 16.7. The maximum Gasteiger partial charge on any atom is 0.191 e. The Morgan fingerprint density at radius 2 is 1.69 bits per heavy atom. The van der Waals surface area contributed by atoms with Crippen LogP contribution in [0, 0.1) is 0 Å². The molecule has 6 heteroatoms. The average molecular weight is 501 g/mol. The first-order chi connectivity index (χ1) is 13.8. The number of halogens is 1. The van der Waals surface area contributed by atoms with E-state index in [9.17, 15) is 0 Å². The van der Waals surface area contributed by atoms with E-state index in [2.05, 4.69) is 81.5 Å². The Kier molecular flexibility index (Phi) is 7.30. The number of benzene rings is 2. The minimum Gasteiger partial charge on any atom is -0.356 e. The molecule has 0 unspecified atom stereocenters. The van der Waals surface area contributed by atoms with Crippen LogP contribution in [0.15, 0.2) is 78.0 Å². The molecule has 2 aromatic carbocycles. The van der Waals surface area contributed by atoms with Crippen LogP contribution in [0.3, 0.4) is 0 Å². The van der Waals surface area contributed by atoms with Gasteiger partial charge in [-0.2, -0.15) is 5.10 Å². The van der Waals surface area contributed by atoms with Crippen molar-refractivity contribution in [1.82, 2.24) is 20.4 Å². The highest BCUT2D eigenvalue weighted by atomic mass is 127. The smallest absolute Gasteiger partial charge is 0.191 e. The molecule has 1 aliphatic rings. The Morgan fingerprint density at radius 3 is 2.34 bits per heavy atom. The lowest BCUT2D eigenvalue weighted by molar-refractivity contribution is 0.645. The molecule has 2 N–H and O–H groups in total. The van der Waals surface area contributed by atoms with Crippen LogP contribution in [-0.2, 0) is 18.5 Å². The van der Waals surface area contributed by atoms with Crippen LogP contribution < -0.4 is 10.6 Å². The van der Waals surface area contributed by atoms with E-state index in [1.165, 1.54) is 24.0 Å². The van der Waals surface area contributed by atoms with Crippen molar-refractivity contribution >= 4 is 29.9 Å². The van der Waals surface area contributed by atoms with Crippen LogP contribution in [-0.4, -0.2) is 29.3 Å². The number of aromatic nitrogens is 2. The van der Waals surface area contributed by atoms with E-state index < -0.39 is 0 Å². The van der Waals surface area contributed by atoms with Crippen LogP contribution in [0.25, 0.3) is 0 Å². The molecule has 0 aliphatic heterocycles. The fourth-order valence-electron chi connectivity index (χ4n) is 3.52. The van der Waals surface area contributed by atoms with Crippen molar-refractivity contribution in [3.8, 4) is 0 Å². The molecule has 0 amide bonds. The summed E-state index contributed by atoms with van der Waals surface area (Å²) in [6, 6.07) is 21.1. The van der Waals surface area contributed by atoms with Gasteiger partial charge in [0.1, 0.15) is 0 Å². The van der Waals surface area contributed by atoms with Gasteiger partial charge in [0.2, 0.25) is 0 Å². The topological polar surface area (TPSA) is 54.2 Å². The van der Waals surface area contributed by atoms with Gasteiger partial charge >= 0.3 is 0 Å². The molecule has 0 saturated heterocycles. The van der Waals surface area contributed by atoms with Crippen LogP contribution in [0.1, 0.15) is 29.5 Å². The summed E-state index contributed by atoms with van der Waals surface area (Å²) in [6.45, 7) is 2.39. The Hall–Kier alpha value is -2.35. The molecule has 1 aliphatic carbocycles. The van der Waals surface area contributed by atoms with Crippen molar-refractivity contribution in [2.24, 2.45) is 4.99 Å². The lowest BCUT2D eigenvalue weighted by atomic mass is 9.96. The van der Waals surface area contributed by atoms with Gasteiger partial charge in [0, 0.05) is 37.3 Å². The number of hydrogen-bond donors (Lipinski definition) is 2. The standard InChI is InChI=1S/C23H27N5.HI/c1-24-22(26-18-23(12-13-23)21-10-6-3-7-11-21)25-14-20-15-27-28(17-20)16-19-8-4-2-5-9-19;/h2-11,15,17H,12-14,16,18H2,1H3,(H2,24,25,26);1H. The first-order valence-corrected chi connectivity index (χ1v) is 9.83. The number of hydrogen-bond acceptors (Lipinski definition) is 2. The Balaban J connectivity index is 0.00000240. The molecule has 3 aromatic rings. The molecule has 0 spiro atoms. The highest BCUT2D eigenvalue weighted by molar-refractivity contribution is 14.0. The molecular weight excluding hydrogens is 473 g/mol. The summed E-state index contributed by atoms with van der Waals surface area (Å²) < 4.78 is 1.97. The third-order valence-corrected chi connectivity index (χ3v) is 5.39. The van der Waals surface area contributed by atoms with E-state index in [0.29, 0.717) is 6.54 Å². The second kappa shape index (κ2) is 9.91. The Bertz CT molecular complexity index is 917. The van der Waals surface area contributed by atoms with Crippen LogP contribution in [0.4, 0.5) is 0 Å². The van der Waals surface area contributed by atoms with Crippen molar-refractivity contribution in [3.63, 3.8) is 0 Å². The highest BCUT2D eigenvalue weighted by Gasteiger charge is 2.43. The second-order valence-corrected chi connectivity index (χ2v) is 7.46. The normalized spacial score (nSPS) is 14.7. The largest absolute Gasteiger partial charge is 0.356 e. The zero-order chi connectivity index (χ0) is 19.2. The molecule has 29 heavy (non-hydrogen) atoms. The van der Waals surface area contributed by atoms with Crippen LogP contribution >= 0.6 is 24.0 Å². The SMILES string of the molecule is CN=C(NCc1cnn(Cc2ccccc2)c1)NCC1(c2ccccc2)CC1.I. The van der Waals surface area contributed by atoms with Gasteiger partial charge in [-0.15, -0.1) is 24.0 Å². The molecule has 1 saturated carbocycles. The van der Waals surface area contributed by atoms with E-state index in [1.807, 2.05) is 24.0 Å². The number of nitrogens with one attached hydrogen (secondary N) is 2. The molecule has 0 atom stereocenters. The molecule has 1 fully saturated rings. The van der Waals surface area contributed by atoms with E-state index in [-0.39, 0.29) is 29.4 Å². The fraction of sp³-hybridized carbons (Fsp3) is 0.304. The van der Waals surface area contributed by atoms with Gasteiger partial charge in [-0.05, 0) is 24.0 Å². The minimum absolute atomic E-state index is 0. The second-order valence-electron chi connectivity index (χ2n) is 7.46. The number of guanidine groups is 1. The first-order valence-electron chi connectivity index (χ1n) is 9.83. The number of aliphatic imine (C=N–C) groups is 1. The maximum atomic E-state index is 4.47. The Labute approximate surface area is 189 Å². The summed E-state index contributed by atoms with van der Waals surface area (Å²) in [5.74, 6) is 0.831. The molecule has 152 valence electrons. The quantitative estimate of drug-likeness (QED) is 0.293. The molecular formula is C23H28IN5. The predicted molar refractivity (Wildman–Crippen MR) is 129 cm³/mol. The van der Waals surface area contributed by atoms with Crippen molar-refractivity contribution in [2.75, 3.05) is 13.6 Å². The van der Waals surface area contributed by atoms with E-state index in [1.54, 1.807) is 0 Å². The molecule has 4 rings (SSSR count). The minimum atomic E-state index is 0. The van der Waals surface area contributed by atoms with Gasteiger partial charge in [0.05, 0.1) is 12.7 Å². The van der Waals surface area contributed by atoms with Gasteiger partial charge in [0.25, 0.3) is 0 Å². The third-order valence-electron chi connectivity index (χ3n) is 5.39. The monoisotopic (exact) mass is 501 g/mol. The van der Waals surface area contributed by atoms with Crippen LogP contribution in [0.2, 0.25) is 0 Å². The molecule has 1 aromatic heterocycles. The van der Waals surface area contributed by atoms with Gasteiger partial charge in [-0.3, -0.25) is 9.67 Å². The number of nitrogens with zero attached hydrogens (tertiary/aromatic N) is 3. The molecule has 0 radical (unpaired) electrons. The van der Waals surface area contributed by atoms with E-state index in [4.69, 9.17) is 0 Å². The van der Waals surface area contributed by atoms with E-state index in [0.717, 1.165) is 24.6 Å². The molecule has 0 bridgehead atoms. The van der Waals surface area contributed by atoms with Crippen molar-refractivity contribution in [3.05, 3.63) is 89.7 Å². The average Bonchev–Trinajstić information content (AvgIpc) is 3.42. The first kappa shape index (κ1) is 21.4. The molecule has 1 heterocycles. The van der Waals surface area contributed by atoms with E-state index >= 15 is 0 Å². The van der Waals surface area contributed by atoms with Crippen LogP contribution in [0.5, 0.6) is 0 Å². The summed E-state index contributed by atoms with van der Waals surface area (Å²) in [5.41, 5.74) is 4.07. The van der Waals surface area contributed by atoms with Crippen molar-refractivity contribution in [1.29, 1.82) is 0 Å². The summed E-state index contributed by atoms with van der Waals surface area (Å²) >= 11 is 0. The third kappa shape index (κ3) is 5.59. The van der Waals surface area contributed by atoms with Gasteiger partial charge in [-0.1, -0.05) is 60.7 Å². The lowest BCUT2D eigenvalue weighted by Crippen LogP contribution is -2.40. The van der Waals surface area contributed by atoms with Crippen molar-refractivity contribution in [2.45, 2.75) is 31.3 Å². The highest BCUT2D eigenvalue weighted by Crippen LogP contribution is 2.47. The van der Waals surface area contributed by atoms with Gasteiger partial charge in [-0.25, -0.2) is 0 Å². The summed E-state index contributed by atoms with van der Waals surface area (Å²) in [7, 11) is 1.82. The number of rotatable bonds is 7. The summed E-state index contributed by atoms with van der Waals surface area (Å²) in [6.07, 6.45) is 6.45.